The number of hydrogen-bond acceptors (Lipinski definition) is 3. The van der Waals surface area contributed by atoms with Crippen LogP contribution in [0, 0.1) is 18.7 Å². The summed E-state index contributed by atoms with van der Waals surface area (Å²) in [6.07, 6.45) is 3.83. The lowest BCUT2D eigenvalue weighted by Crippen LogP contribution is -2.35. The highest BCUT2D eigenvalue weighted by Crippen LogP contribution is 2.24. The minimum Gasteiger partial charge on any atom is -0.326 e. The molecule has 1 aliphatic heterocycles. The first kappa shape index (κ1) is 18.1. The molecule has 3 nitrogen and oxygen atoms in total. The lowest BCUT2D eigenvalue weighted by atomic mass is 9.93. The van der Waals surface area contributed by atoms with Crippen LogP contribution in [0.25, 0.3) is 0 Å². The number of likely N-dealkylation sites (tertiary alicyclic amines) is 1. The molecule has 5 heteroatoms. The number of rotatable bonds is 6. The Balaban J connectivity index is 1.45. The van der Waals surface area contributed by atoms with E-state index in [9.17, 15) is 9.18 Å². The topological polar surface area (TPSA) is 32.3 Å². The minimum atomic E-state index is -0.275. The quantitative estimate of drug-likeness (QED) is 0.800. The summed E-state index contributed by atoms with van der Waals surface area (Å²) in [4.78, 5) is 16.1. The summed E-state index contributed by atoms with van der Waals surface area (Å²) in [5.41, 5.74) is 1.46. The molecule has 134 valence electrons. The van der Waals surface area contributed by atoms with Crippen LogP contribution in [0.15, 0.2) is 35.7 Å². The van der Waals surface area contributed by atoms with E-state index in [1.807, 2.05) is 18.3 Å². The zero-order valence-electron chi connectivity index (χ0n) is 14.6. The number of aryl methyl sites for hydroxylation is 1. The number of nitrogens with zero attached hydrogens (tertiary/aromatic N) is 1. The van der Waals surface area contributed by atoms with Gasteiger partial charge >= 0.3 is 0 Å². The first-order valence-corrected chi connectivity index (χ1v) is 9.79. The van der Waals surface area contributed by atoms with Crippen molar-refractivity contribution in [2.75, 3.05) is 18.4 Å². The molecule has 1 aliphatic rings. The molecular formula is C20H25FN2OS. The fourth-order valence-corrected chi connectivity index (χ4v) is 4.21. The molecule has 1 fully saturated rings. The standard InChI is InChI=1S/C20H25FN2OS/c1-15-12-17(21)7-8-19(15)22-20(24)9-6-16-4-2-10-23(13-16)14-18-5-3-11-25-18/h3,5,7-8,11-12,16H,2,4,6,9-10,13-14H2,1H3,(H,22,24). The highest BCUT2D eigenvalue weighted by molar-refractivity contribution is 7.09. The molecule has 2 heterocycles. The normalized spacial score (nSPS) is 18.2. The first-order chi connectivity index (χ1) is 12.1. The van der Waals surface area contributed by atoms with Crippen molar-refractivity contribution in [1.82, 2.24) is 4.90 Å². The van der Waals surface area contributed by atoms with Crippen LogP contribution in [0.2, 0.25) is 0 Å². The third-order valence-electron chi connectivity index (χ3n) is 4.80. The summed E-state index contributed by atoms with van der Waals surface area (Å²) in [5.74, 6) is 0.322. The van der Waals surface area contributed by atoms with Gasteiger partial charge in [0, 0.05) is 30.1 Å². The molecule has 0 aliphatic carbocycles. The number of benzene rings is 1. The van der Waals surface area contributed by atoms with Gasteiger partial charge in [-0.25, -0.2) is 4.39 Å². The predicted octanol–water partition coefficient (Wildman–Crippen LogP) is 4.83. The van der Waals surface area contributed by atoms with Gasteiger partial charge in [0.25, 0.3) is 0 Å². The summed E-state index contributed by atoms with van der Waals surface area (Å²) in [6, 6.07) is 8.74. The van der Waals surface area contributed by atoms with Gasteiger partial charge in [0.15, 0.2) is 0 Å². The van der Waals surface area contributed by atoms with E-state index < -0.39 is 0 Å². The van der Waals surface area contributed by atoms with Crippen molar-refractivity contribution in [3.05, 3.63) is 52.0 Å². The second-order valence-corrected chi connectivity index (χ2v) is 7.90. The zero-order chi connectivity index (χ0) is 17.6. The van der Waals surface area contributed by atoms with Gasteiger partial charge < -0.3 is 5.32 Å². The Hall–Kier alpha value is -1.72. The third-order valence-corrected chi connectivity index (χ3v) is 5.67. The Bertz CT molecular complexity index is 702. The summed E-state index contributed by atoms with van der Waals surface area (Å²) in [6.45, 7) is 5.05. The summed E-state index contributed by atoms with van der Waals surface area (Å²) < 4.78 is 13.1. The van der Waals surface area contributed by atoms with E-state index in [1.54, 1.807) is 6.07 Å². The number of halogens is 1. The molecule has 1 amide bonds. The molecule has 1 aromatic heterocycles. The van der Waals surface area contributed by atoms with Gasteiger partial charge in [0.2, 0.25) is 5.91 Å². The van der Waals surface area contributed by atoms with Crippen molar-refractivity contribution in [3.8, 4) is 0 Å². The number of carbonyl (C=O) groups excluding carboxylic acids is 1. The monoisotopic (exact) mass is 360 g/mol. The highest BCUT2D eigenvalue weighted by atomic mass is 32.1. The van der Waals surface area contributed by atoms with Crippen LogP contribution in [-0.2, 0) is 11.3 Å². The van der Waals surface area contributed by atoms with Crippen LogP contribution in [0.5, 0.6) is 0 Å². The molecule has 0 bridgehead atoms. The molecule has 1 unspecified atom stereocenters. The van der Waals surface area contributed by atoms with Gasteiger partial charge in [-0.3, -0.25) is 9.69 Å². The summed E-state index contributed by atoms with van der Waals surface area (Å²) >= 11 is 1.81. The molecule has 25 heavy (non-hydrogen) atoms. The second kappa shape index (κ2) is 8.59. The van der Waals surface area contributed by atoms with Crippen LogP contribution in [0.1, 0.15) is 36.1 Å². The average Bonchev–Trinajstić information content (AvgIpc) is 3.09. The molecule has 2 aromatic rings. The van der Waals surface area contributed by atoms with E-state index >= 15 is 0 Å². The molecule has 3 rings (SSSR count). The molecule has 0 spiro atoms. The van der Waals surface area contributed by atoms with Gasteiger partial charge in [0.05, 0.1) is 0 Å². The fraction of sp³-hybridized carbons (Fsp3) is 0.450. The summed E-state index contributed by atoms with van der Waals surface area (Å²) in [7, 11) is 0. The van der Waals surface area contributed by atoms with E-state index in [-0.39, 0.29) is 11.7 Å². The average molecular weight is 360 g/mol. The number of anilines is 1. The Labute approximate surface area is 152 Å². The Morgan fingerprint density at radius 2 is 2.28 bits per heavy atom. The molecule has 0 radical (unpaired) electrons. The van der Waals surface area contributed by atoms with Crippen molar-refractivity contribution >= 4 is 22.9 Å². The maximum Gasteiger partial charge on any atom is 0.224 e. The lowest BCUT2D eigenvalue weighted by molar-refractivity contribution is -0.116. The Morgan fingerprint density at radius 3 is 3.04 bits per heavy atom. The smallest absolute Gasteiger partial charge is 0.224 e. The fourth-order valence-electron chi connectivity index (χ4n) is 3.47. The maximum absolute atomic E-state index is 13.1. The minimum absolute atomic E-state index is 0.0186. The van der Waals surface area contributed by atoms with Crippen molar-refractivity contribution in [1.29, 1.82) is 0 Å². The van der Waals surface area contributed by atoms with E-state index in [0.29, 0.717) is 18.0 Å². The molecule has 1 atom stereocenters. The lowest BCUT2D eigenvalue weighted by Gasteiger charge is -2.32. The number of thiophene rings is 1. The first-order valence-electron chi connectivity index (χ1n) is 8.91. The highest BCUT2D eigenvalue weighted by Gasteiger charge is 2.21. The van der Waals surface area contributed by atoms with Crippen LogP contribution in [0.3, 0.4) is 0 Å². The number of carbonyl (C=O) groups is 1. The van der Waals surface area contributed by atoms with E-state index in [0.717, 1.165) is 31.6 Å². The Morgan fingerprint density at radius 1 is 1.40 bits per heavy atom. The van der Waals surface area contributed by atoms with Crippen LogP contribution < -0.4 is 5.32 Å². The summed E-state index contributed by atoms with van der Waals surface area (Å²) in [5, 5.41) is 5.03. The number of amides is 1. The molecule has 1 aromatic carbocycles. The van der Waals surface area contributed by atoms with E-state index in [2.05, 4.69) is 27.7 Å². The molecule has 0 saturated carbocycles. The van der Waals surface area contributed by atoms with Crippen molar-refractivity contribution in [3.63, 3.8) is 0 Å². The van der Waals surface area contributed by atoms with Crippen molar-refractivity contribution in [2.24, 2.45) is 5.92 Å². The predicted molar refractivity (Wildman–Crippen MR) is 101 cm³/mol. The van der Waals surface area contributed by atoms with Crippen molar-refractivity contribution in [2.45, 2.75) is 39.2 Å². The number of hydrogen-bond donors (Lipinski definition) is 1. The molecule has 1 saturated heterocycles. The van der Waals surface area contributed by atoms with Gasteiger partial charge in [-0.2, -0.15) is 0 Å². The SMILES string of the molecule is Cc1cc(F)ccc1NC(=O)CCC1CCCN(Cc2cccs2)C1. The van der Waals surface area contributed by atoms with Crippen LogP contribution in [-0.4, -0.2) is 23.9 Å². The molecule has 1 N–H and O–H groups in total. The third kappa shape index (κ3) is 5.38. The number of nitrogens with one attached hydrogen (secondary N) is 1. The molecular weight excluding hydrogens is 335 g/mol. The zero-order valence-corrected chi connectivity index (χ0v) is 15.4. The van der Waals surface area contributed by atoms with Gasteiger partial charge in [0.1, 0.15) is 5.82 Å². The number of piperidine rings is 1. The second-order valence-electron chi connectivity index (χ2n) is 6.87. The maximum atomic E-state index is 13.1. The van der Waals surface area contributed by atoms with E-state index in [1.165, 1.54) is 29.9 Å². The van der Waals surface area contributed by atoms with Crippen molar-refractivity contribution < 1.29 is 9.18 Å². The largest absolute Gasteiger partial charge is 0.326 e. The van der Waals surface area contributed by atoms with Gasteiger partial charge in [-0.05, 0) is 73.9 Å². The van der Waals surface area contributed by atoms with Crippen LogP contribution >= 0.6 is 11.3 Å². The van der Waals surface area contributed by atoms with E-state index in [4.69, 9.17) is 0 Å². The Kier molecular flexibility index (Phi) is 6.21. The van der Waals surface area contributed by atoms with Gasteiger partial charge in [-0.1, -0.05) is 6.07 Å². The van der Waals surface area contributed by atoms with Crippen LogP contribution in [0.4, 0.5) is 10.1 Å². The van der Waals surface area contributed by atoms with Gasteiger partial charge in [-0.15, -0.1) is 11.3 Å².